The first-order valence-electron chi connectivity index (χ1n) is 12.4. The molecule has 0 aliphatic carbocycles. The van der Waals surface area contributed by atoms with E-state index in [0.717, 1.165) is 33.3 Å². The third kappa shape index (κ3) is 3.91. The molecule has 0 spiro atoms. The Labute approximate surface area is 215 Å². The topological polar surface area (TPSA) is 67.5 Å². The Morgan fingerprint density at radius 1 is 0.946 bits per heavy atom. The molecule has 2 amide bonds. The summed E-state index contributed by atoms with van der Waals surface area (Å²) in [6.07, 6.45) is 1.57. The Balaban J connectivity index is 1.49. The van der Waals surface area contributed by atoms with Crippen LogP contribution in [0, 0.1) is 6.92 Å². The lowest BCUT2D eigenvalue weighted by atomic mass is 9.93. The number of nitrogens with one attached hydrogen (secondary N) is 1. The maximum absolute atomic E-state index is 13.7. The minimum Gasteiger partial charge on any atom is -0.467 e. The van der Waals surface area contributed by atoms with E-state index in [1.54, 1.807) is 17.2 Å². The van der Waals surface area contributed by atoms with Crippen molar-refractivity contribution in [1.29, 1.82) is 0 Å². The lowest BCUT2D eigenvalue weighted by Gasteiger charge is -2.26. The summed E-state index contributed by atoms with van der Waals surface area (Å²) < 4.78 is 7.53. The molecule has 2 aromatic heterocycles. The van der Waals surface area contributed by atoms with Crippen molar-refractivity contribution in [3.63, 3.8) is 0 Å². The van der Waals surface area contributed by atoms with E-state index in [4.69, 9.17) is 4.42 Å². The van der Waals surface area contributed by atoms with Crippen LogP contribution in [0.15, 0.2) is 95.6 Å². The molecule has 1 aliphatic heterocycles. The number of hydrogen-bond acceptors (Lipinski definition) is 3. The number of carbonyl (C=O) groups is 2. The van der Waals surface area contributed by atoms with Crippen LogP contribution in [0.25, 0.3) is 22.2 Å². The monoisotopic (exact) mass is 489 g/mol. The Morgan fingerprint density at radius 2 is 1.70 bits per heavy atom. The van der Waals surface area contributed by atoms with Gasteiger partial charge in [0.1, 0.15) is 12.3 Å². The van der Waals surface area contributed by atoms with Crippen LogP contribution < -0.4 is 5.32 Å². The van der Waals surface area contributed by atoms with Gasteiger partial charge in [0.2, 0.25) is 5.91 Å². The smallest absolute Gasteiger partial charge is 0.255 e. The number of carbonyl (C=O) groups excluding carboxylic acids is 2. The van der Waals surface area contributed by atoms with Crippen LogP contribution in [0.5, 0.6) is 0 Å². The second-order valence-electron chi connectivity index (χ2n) is 9.48. The van der Waals surface area contributed by atoms with Crippen molar-refractivity contribution in [3.05, 3.63) is 119 Å². The standard InChI is InChI=1S/C31H27N3O3/c1-20-13-15-21(16-14-20)29-28(25-11-5-6-12-26(25)33(29)2)30-23-9-3-4-10-24(23)31(36)34(30)19-27(35)32-18-22-8-7-17-37-22/h3-17,30H,18-19H2,1-2H3,(H,32,35)/t30-/m0/s1. The molecule has 37 heavy (non-hydrogen) atoms. The van der Waals surface area contributed by atoms with Crippen molar-refractivity contribution in [2.75, 3.05) is 6.54 Å². The number of nitrogens with zero attached hydrogens (tertiary/aromatic N) is 2. The molecule has 6 heteroatoms. The number of aromatic nitrogens is 1. The number of amides is 2. The lowest BCUT2D eigenvalue weighted by Crippen LogP contribution is -2.39. The number of hydrogen-bond donors (Lipinski definition) is 1. The minimum atomic E-state index is -0.402. The highest BCUT2D eigenvalue weighted by atomic mass is 16.3. The summed E-state index contributed by atoms with van der Waals surface area (Å²) in [5.41, 5.74) is 6.94. The predicted octanol–water partition coefficient (Wildman–Crippen LogP) is 5.61. The molecule has 3 aromatic carbocycles. The highest BCUT2D eigenvalue weighted by molar-refractivity contribution is 6.03. The summed E-state index contributed by atoms with van der Waals surface area (Å²) >= 11 is 0. The van der Waals surface area contributed by atoms with Crippen molar-refractivity contribution in [2.45, 2.75) is 19.5 Å². The molecule has 6 rings (SSSR count). The highest BCUT2D eigenvalue weighted by Gasteiger charge is 2.41. The highest BCUT2D eigenvalue weighted by Crippen LogP contribution is 2.46. The number of para-hydroxylation sites is 1. The van der Waals surface area contributed by atoms with Crippen molar-refractivity contribution >= 4 is 22.7 Å². The first-order valence-corrected chi connectivity index (χ1v) is 12.4. The molecule has 5 aromatic rings. The molecule has 1 N–H and O–H groups in total. The minimum absolute atomic E-state index is 0.0601. The number of rotatable bonds is 6. The van der Waals surface area contributed by atoms with Gasteiger partial charge in [-0.25, -0.2) is 0 Å². The normalized spacial score (nSPS) is 14.8. The van der Waals surface area contributed by atoms with Crippen LogP contribution in [0.4, 0.5) is 0 Å². The summed E-state index contributed by atoms with van der Waals surface area (Å²) in [7, 11) is 2.06. The number of fused-ring (bicyclic) bond motifs is 2. The molecular formula is C31H27N3O3. The van der Waals surface area contributed by atoms with Crippen LogP contribution in [0.1, 0.15) is 38.9 Å². The number of aryl methyl sites for hydroxylation is 2. The molecule has 0 saturated carbocycles. The van der Waals surface area contributed by atoms with Crippen LogP contribution >= 0.6 is 0 Å². The molecule has 6 nitrogen and oxygen atoms in total. The van der Waals surface area contributed by atoms with Crippen LogP contribution in [-0.4, -0.2) is 27.8 Å². The first kappa shape index (κ1) is 22.9. The van der Waals surface area contributed by atoms with E-state index >= 15 is 0 Å². The van der Waals surface area contributed by atoms with Crippen molar-refractivity contribution in [3.8, 4) is 11.3 Å². The van der Waals surface area contributed by atoms with Crippen molar-refractivity contribution in [2.24, 2.45) is 7.05 Å². The van der Waals surface area contributed by atoms with Gasteiger partial charge in [0.15, 0.2) is 0 Å². The van der Waals surface area contributed by atoms with Crippen LogP contribution in [0.2, 0.25) is 0 Å². The van der Waals surface area contributed by atoms with E-state index < -0.39 is 6.04 Å². The second kappa shape index (κ2) is 9.13. The zero-order valence-corrected chi connectivity index (χ0v) is 20.8. The quantitative estimate of drug-likeness (QED) is 0.337. The largest absolute Gasteiger partial charge is 0.467 e. The number of furan rings is 1. The molecule has 1 atom stereocenters. The Hall–Kier alpha value is -4.58. The fourth-order valence-electron chi connectivity index (χ4n) is 5.41. The van der Waals surface area contributed by atoms with Gasteiger partial charge in [-0.2, -0.15) is 0 Å². The summed E-state index contributed by atoms with van der Waals surface area (Å²) in [5, 5.41) is 3.96. The van der Waals surface area contributed by atoms with E-state index in [1.165, 1.54) is 5.56 Å². The molecule has 0 unspecified atom stereocenters. The van der Waals surface area contributed by atoms with Gasteiger partial charge in [-0.1, -0.05) is 66.2 Å². The molecule has 184 valence electrons. The SMILES string of the molecule is Cc1ccc(-c2c([C@@H]3c4ccccc4C(=O)N3CC(=O)NCc3ccco3)c3ccccc3n2C)cc1. The van der Waals surface area contributed by atoms with Gasteiger partial charge < -0.3 is 19.2 Å². The molecule has 1 aliphatic rings. The van der Waals surface area contributed by atoms with Crippen LogP contribution in [-0.2, 0) is 18.4 Å². The summed E-state index contributed by atoms with van der Waals surface area (Å²) in [6.45, 7) is 2.28. The third-order valence-electron chi connectivity index (χ3n) is 7.16. The first-order chi connectivity index (χ1) is 18.0. The molecule has 0 radical (unpaired) electrons. The maximum atomic E-state index is 13.7. The Morgan fingerprint density at radius 3 is 2.49 bits per heavy atom. The average molecular weight is 490 g/mol. The van der Waals surface area contributed by atoms with Gasteiger partial charge in [0.05, 0.1) is 24.5 Å². The summed E-state index contributed by atoms with van der Waals surface area (Å²) in [5.74, 6) is 0.285. The van der Waals surface area contributed by atoms with E-state index in [0.29, 0.717) is 11.3 Å². The molecule has 0 fully saturated rings. The molecular weight excluding hydrogens is 462 g/mol. The Kier molecular flexibility index (Phi) is 5.64. The van der Waals surface area contributed by atoms with Gasteiger partial charge in [-0.3, -0.25) is 9.59 Å². The van der Waals surface area contributed by atoms with Gasteiger partial charge >= 0.3 is 0 Å². The van der Waals surface area contributed by atoms with Gasteiger partial charge in [-0.15, -0.1) is 0 Å². The molecule has 0 saturated heterocycles. The second-order valence-corrected chi connectivity index (χ2v) is 9.48. The van der Waals surface area contributed by atoms with E-state index in [-0.39, 0.29) is 24.9 Å². The molecule has 0 bridgehead atoms. The lowest BCUT2D eigenvalue weighted by molar-refractivity contribution is -0.122. The summed E-state index contributed by atoms with van der Waals surface area (Å²) in [6, 6.07) is 27.6. The zero-order valence-electron chi connectivity index (χ0n) is 20.8. The third-order valence-corrected chi connectivity index (χ3v) is 7.16. The van der Waals surface area contributed by atoms with Gasteiger partial charge in [-0.05, 0) is 42.3 Å². The van der Waals surface area contributed by atoms with Crippen molar-refractivity contribution in [1.82, 2.24) is 14.8 Å². The Bertz CT molecular complexity index is 1610. The predicted molar refractivity (Wildman–Crippen MR) is 143 cm³/mol. The molecule has 3 heterocycles. The van der Waals surface area contributed by atoms with Crippen LogP contribution in [0.3, 0.4) is 0 Å². The maximum Gasteiger partial charge on any atom is 0.255 e. The number of benzene rings is 3. The van der Waals surface area contributed by atoms with Gasteiger partial charge in [0, 0.05) is 29.1 Å². The summed E-state index contributed by atoms with van der Waals surface area (Å²) in [4.78, 5) is 28.5. The van der Waals surface area contributed by atoms with Gasteiger partial charge in [0.25, 0.3) is 5.91 Å². The van der Waals surface area contributed by atoms with E-state index in [9.17, 15) is 9.59 Å². The average Bonchev–Trinajstić information content (AvgIpc) is 3.61. The van der Waals surface area contributed by atoms with E-state index in [1.807, 2.05) is 42.5 Å². The fraction of sp³-hybridized carbons (Fsp3) is 0.161. The van der Waals surface area contributed by atoms with E-state index in [2.05, 4.69) is 60.3 Å². The fourth-order valence-corrected chi connectivity index (χ4v) is 5.41. The van der Waals surface area contributed by atoms with Crippen molar-refractivity contribution < 1.29 is 14.0 Å². The zero-order chi connectivity index (χ0) is 25.5.